The van der Waals surface area contributed by atoms with Gasteiger partial charge in [-0.05, 0) is 47.2 Å². The summed E-state index contributed by atoms with van der Waals surface area (Å²) in [7, 11) is 0. The van der Waals surface area contributed by atoms with E-state index < -0.39 is 18.1 Å². The maximum Gasteiger partial charge on any atom is 0.415 e. The Bertz CT molecular complexity index is 1330. The molecule has 1 heterocycles. The molecule has 0 saturated heterocycles. The lowest BCUT2D eigenvalue weighted by Gasteiger charge is -2.41. The van der Waals surface area contributed by atoms with Crippen LogP contribution >= 0.6 is 0 Å². The second-order valence-corrected chi connectivity index (χ2v) is 9.44. The standard InChI is InChI=1S/C30H27NO5/c1-2-35-26-16-8-15-23-22-13-7-14-24(22)28(29(32)33)31(27(23)26)30(34)36-17-25-20-11-5-3-9-18(20)19-10-4-6-12-21(19)25/h3-13,15-16,22,24-25,28H,2,14,17H2,1H3,(H,32,33)/t22-,24-,28+/m1/s1. The first kappa shape index (κ1) is 22.4. The molecule has 1 N–H and O–H groups in total. The van der Waals surface area contributed by atoms with E-state index in [-0.39, 0.29) is 24.4 Å². The van der Waals surface area contributed by atoms with Gasteiger partial charge in [-0.25, -0.2) is 9.59 Å². The molecule has 2 aliphatic carbocycles. The minimum atomic E-state index is -1.05. The fourth-order valence-corrected chi connectivity index (χ4v) is 6.16. The lowest BCUT2D eigenvalue weighted by molar-refractivity contribution is -0.140. The van der Waals surface area contributed by atoms with Crippen molar-refractivity contribution in [1.82, 2.24) is 0 Å². The summed E-state index contributed by atoms with van der Waals surface area (Å²) in [5, 5.41) is 10.3. The molecule has 182 valence electrons. The number of benzene rings is 3. The van der Waals surface area contributed by atoms with Crippen molar-refractivity contribution >= 4 is 17.7 Å². The molecule has 0 spiro atoms. The lowest BCUT2D eigenvalue weighted by Crippen LogP contribution is -2.53. The maximum atomic E-state index is 13.8. The number of carbonyl (C=O) groups is 2. The molecule has 6 nitrogen and oxygen atoms in total. The first-order chi connectivity index (χ1) is 17.6. The molecule has 0 bridgehead atoms. The van der Waals surface area contributed by atoms with E-state index in [1.54, 1.807) is 6.07 Å². The number of para-hydroxylation sites is 1. The molecule has 0 aromatic heterocycles. The molecular formula is C30H27NO5. The number of rotatable bonds is 5. The molecule has 0 saturated carbocycles. The quantitative estimate of drug-likeness (QED) is 0.455. The van der Waals surface area contributed by atoms with E-state index >= 15 is 0 Å². The van der Waals surface area contributed by atoms with Gasteiger partial charge in [0.2, 0.25) is 0 Å². The second kappa shape index (κ2) is 8.86. The zero-order valence-electron chi connectivity index (χ0n) is 20.0. The molecule has 0 unspecified atom stereocenters. The number of amides is 1. The number of carboxylic acids is 1. The third-order valence-corrected chi connectivity index (χ3v) is 7.61. The van der Waals surface area contributed by atoms with Gasteiger partial charge < -0.3 is 14.6 Å². The summed E-state index contributed by atoms with van der Waals surface area (Å²) in [5.41, 5.74) is 5.88. The van der Waals surface area contributed by atoms with Crippen LogP contribution in [0.25, 0.3) is 11.1 Å². The molecule has 6 rings (SSSR count). The number of ether oxygens (including phenoxy) is 2. The van der Waals surface area contributed by atoms with E-state index in [1.807, 2.05) is 55.5 Å². The van der Waals surface area contributed by atoms with Crippen molar-refractivity contribution in [2.45, 2.75) is 31.2 Å². The zero-order valence-corrected chi connectivity index (χ0v) is 20.0. The first-order valence-corrected chi connectivity index (χ1v) is 12.4. The van der Waals surface area contributed by atoms with Crippen molar-refractivity contribution in [2.75, 3.05) is 18.1 Å². The van der Waals surface area contributed by atoms with Crippen LogP contribution in [0.5, 0.6) is 5.75 Å². The van der Waals surface area contributed by atoms with Gasteiger partial charge in [-0.3, -0.25) is 4.90 Å². The van der Waals surface area contributed by atoms with Crippen LogP contribution in [-0.2, 0) is 9.53 Å². The highest BCUT2D eigenvalue weighted by Crippen LogP contribution is 2.51. The number of hydrogen-bond donors (Lipinski definition) is 1. The average Bonchev–Trinajstić information content (AvgIpc) is 3.50. The summed E-state index contributed by atoms with van der Waals surface area (Å²) in [6, 6.07) is 20.9. The Morgan fingerprint density at radius 2 is 1.61 bits per heavy atom. The highest BCUT2D eigenvalue weighted by molar-refractivity contribution is 5.99. The van der Waals surface area contributed by atoms with Crippen molar-refractivity contribution in [3.63, 3.8) is 0 Å². The highest BCUT2D eigenvalue weighted by Gasteiger charge is 2.49. The molecule has 6 heteroatoms. The number of carboxylic acid groups (broad SMARTS) is 1. The van der Waals surface area contributed by atoms with Crippen molar-refractivity contribution in [3.05, 3.63) is 95.6 Å². The van der Waals surface area contributed by atoms with Gasteiger partial charge in [0.05, 0.1) is 12.3 Å². The zero-order chi connectivity index (χ0) is 24.8. The maximum absolute atomic E-state index is 13.8. The van der Waals surface area contributed by atoms with Gasteiger partial charge in [0.15, 0.2) is 0 Å². The largest absolute Gasteiger partial charge is 0.492 e. The van der Waals surface area contributed by atoms with Crippen LogP contribution in [-0.4, -0.2) is 36.4 Å². The smallest absolute Gasteiger partial charge is 0.415 e. The van der Waals surface area contributed by atoms with Crippen LogP contribution in [0.3, 0.4) is 0 Å². The Morgan fingerprint density at radius 3 is 2.28 bits per heavy atom. The van der Waals surface area contributed by atoms with Crippen molar-refractivity contribution in [2.24, 2.45) is 5.92 Å². The van der Waals surface area contributed by atoms with E-state index in [0.717, 1.165) is 27.8 Å². The molecule has 36 heavy (non-hydrogen) atoms. The number of aliphatic carboxylic acids is 1. The monoisotopic (exact) mass is 481 g/mol. The van der Waals surface area contributed by atoms with Gasteiger partial charge in [0.1, 0.15) is 18.4 Å². The molecule has 0 fully saturated rings. The van der Waals surface area contributed by atoms with Crippen molar-refractivity contribution in [1.29, 1.82) is 0 Å². The average molecular weight is 482 g/mol. The lowest BCUT2D eigenvalue weighted by atomic mass is 9.78. The van der Waals surface area contributed by atoms with E-state index in [9.17, 15) is 14.7 Å². The van der Waals surface area contributed by atoms with Crippen LogP contribution in [0.2, 0.25) is 0 Å². The number of hydrogen-bond acceptors (Lipinski definition) is 4. The number of nitrogens with zero attached hydrogens (tertiary/aromatic N) is 1. The summed E-state index contributed by atoms with van der Waals surface area (Å²) in [6.45, 7) is 2.39. The third kappa shape index (κ3) is 3.40. The molecule has 3 atom stereocenters. The predicted octanol–water partition coefficient (Wildman–Crippen LogP) is 5.97. The number of fused-ring (bicyclic) bond motifs is 6. The van der Waals surface area contributed by atoms with Gasteiger partial charge in [-0.2, -0.15) is 0 Å². The third-order valence-electron chi connectivity index (χ3n) is 7.61. The normalized spacial score (nSPS) is 21.4. The fraction of sp³-hybridized carbons (Fsp3) is 0.267. The van der Waals surface area contributed by atoms with Gasteiger partial charge in [0, 0.05) is 17.8 Å². The van der Waals surface area contributed by atoms with Crippen LogP contribution in [0.15, 0.2) is 78.9 Å². The Balaban J connectivity index is 1.37. The molecule has 3 aromatic rings. The van der Waals surface area contributed by atoms with Crippen LogP contribution < -0.4 is 9.64 Å². The van der Waals surface area contributed by atoms with Crippen molar-refractivity contribution < 1.29 is 24.2 Å². The highest BCUT2D eigenvalue weighted by atomic mass is 16.6. The first-order valence-electron chi connectivity index (χ1n) is 12.4. The van der Waals surface area contributed by atoms with E-state index in [0.29, 0.717) is 24.5 Å². The molecule has 1 amide bonds. The summed E-state index contributed by atoms with van der Waals surface area (Å²) in [6.07, 6.45) is 3.98. The summed E-state index contributed by atoms with van der Waals surface area (Å²) in [4.78, 5) is 27.6. The minimum Gasteiger partial charge on any atom is -0.492 e. The Kier molecular flexibility index (Phi) is 5.52. The van der Waals surface area contributed by atoms with Gasteiger partial charge >= 0.3 is 12.1 Å². The number of allylic oxidation sites excluding steroid dienone is 2. The fourth-order valence-electron chi connectivity index (χ4n) is 6.16. The molecular weight excluding hydrogens is 454 g/mol. The number of anilines is 1. The number of carbonyl (C=O) groups excluding carboxylic acids is 1. The summed E-state index contributed by atoms with van der Waals surface area (Å²) < 4.78 is 11.8. The van der Waals surface area contributed by atoms with E-state index in [1.165, 1.54) is 4.90 Å². The molecule has 3 aromatic carbocycles. The molecule has 3 aliphatic rings. The van der Waals surface area contributed by atoms with Crippen molar-refractivity contribution in [3.8, 4) is 16.9 Å². The molecule has 1 aliphatic heterocycles. The summed E-state index contributed by atoms with van der Waals surface area (Å²) >= 11 is 0. The topological polar surface area (TPSA) is 76.1 Å². The van der Waals surface area contributed by atoms with E-state index in [4.69, 9.17) is 9.47 Å². The van der Waals surface area contributed by atoms with Gasteiger partial charge in [0.25, 0.3) is 0 Å². The Hall–Kier alpha value is -4.06. The van der Waals surface area contributed by atoms with E-state index in [2.05, 4.69) is 24.3 Å². The molecule has 0 radical (unpaired) electrons. The SMILES string of the molecule is CCOc1cccc2c1N(C(=O)OCC1c3ccccc3-c3ccccc31)[C@H](C(=O)O)[C@@H]1CC=C[C@H]21. The minimum absolute atomic E-state index is 0.0841. The van der Waals surface area contributed by atoms with Crippen LogP contribution in [0.4, 0.5) is 10.5 Å². The van der Waals surface area contributed by atoms with Crippen LogP contribution in [0.1, 0.15) is 41.9 Å². The summed E-state index contributed by atoms with van der Waals surface area (Å²) in [5.74, 6) is -1.00. The van der Waals surface area contributed by atoms with Gasteiger partial charge in [-0.15, -0.1) is 0 Å². The second-order valence-electron chi connectivity index (χ2n) is 9.44. The predicted molar refractivity (Wildman–Crippen MR) is 137 cm³/mol. The Labute approximate surface area is 209 Å². The van der Waals surface area contributed by atoms with Gasteiger partial charge in [-0.1, -0.05) is 72.8 Å². The Morgan fingerprint density at radius 1 is 0.944 bits per heavy atom. The van der Waals surface area contributed by atoms with Crippen LogP contribution in [0, 0.1) is 5.92 Å².